The number of benzene rings is 2. The first kappa shape index (κ1) is 18.7. The van der Waals surface area contributed by atoms with Crippen molar-refractivity contribution in [3.05, 3.63) is 76.2 Å². The van der Waals surface area contributed by atoms with E-state index in [0.717, 1.165) is 22.4 Å². The molecule has 0 aliphatic carbocycles. The first-order valence-corrected chi connectivity index (χ1v) is 9.42. The van der Waals surface area contributed by atoms with E-state index in [0.29, 0.717) is 30.1 Å². The number of hydrogen-bond acceptors (Lipinski definition) is 3. The largest absolute Gasteiger partial charge is 0.330 e. The van der Waals surface area contributed by atoms with E-state index in [1.807, 2.05) is 31.3 Å². The Kier molecular flexibility index (Phi) is 4.91. The molecule has 0 saturated heterocycles. The maximum absolute atomic E-state index is 13.5. The fraction of sp³-hybridized carbons (Fsp3) is 0.238. The van der Waals surface area contributed by atoms with Crippen LogP contribution in [0.5, 0.6) is 0 Å². The molecule has 1 aromatic heterocycles. The highest BCUT2D eigenvalue weighted by Gasteiger charge is 2.32. The molecule has 7 heteroatoms. The van der Waals surface area contributed by atoms with Crippen molar-refractivity contribution in [2.75, 3.05) is 6.54 Å². The molecule has 0 fully saturated rings. The summed E-state index contributed by atoms with van der Waals surface area (Å²) in [4.78, 5) is 14.7. The van der Waals surface area contributed by atoms with E-state index in [4.69, 9.17) is 17.3 Å². The lowest BCUT2D eigenvalue weighted by Crippen LogP contribution is -2.42. The molecule has 2 N–H and O–H groups in total. The Balaban J connectivity index is 1.61. The molecule has 0 unspecified atom stereocenters. The second-order valence-corrected chi connectivity index (χ2v) is 7.40. The van der Waals surface area contributed by atoms with Gasteiger partial charge in [0.05, 0.1) is 16.9 Å². The third-order valence-electron chi connectivity index (χ3n) is 5.18. The summed E-state index contributed by atoms with van der Waals surface area (Å²) in [6, 6.07) is 11.9. The van der Waals surface area contributed by atoms with Gasteiger partial charge in [0.1, 0.15) is 5.82 Å². The lowest BCUT2D eigenvalue weighted by atomic mass is 10.0. The number of aryl methyl sites for hydroxylation is 1. The predicted octanol–water partition coefficient (Wildman–Crippen LogP) is 3.41. The Bertz CT molecular complexity index is 1030. The summed E-state index contributed by atoms with van der Waals surface area (Å²) in [5.74, 6) is -0.341. The van der Waals surface area contributed by atoms with Crippen LogP contribution in [0.2, 0.25) is 5.02 Å². The molecule has 144 valence electrons. The van der Waals surface area contributed by atoms with Crippen LogP contribution in [-0.4, -0.2) is 33.2 Å². The number of nitrogens with zero attached hydrogens (tertiary/aromatic N) is 3. The van der Waals surface area contributed by atoms with Gasteiger partial charge >= 0.3 is 0 Å². The van der Waals surface area contributed by atoms with Crippen molar-refractivity contribution in [3.8, 4) is 11.3 Å². The molecule has 3 aromatic rings. The van der Waals surface area contributed by atoms with Crippen LogP contribution in [0.15, 0.2) is 48.7 Å². The molecule has 1 aliphatic heterocycles. The number of fused-ring (bicyclic) bond motifs is 1. The maximum atomic E-state index is 13.5. The molecule has 2 aromatic carbocycles. The zero-order valence-electron chi connectivity index (χ0n) is 15.4. The van der Waals surface area contributed by atoms with Crippen molar-refractivity contribution in [3.63, 3.8) is 0 Å². The molecule has 0 saturated carbocycles. The predicted molar refractivity (Wildman–Crippen MR) is 106 cm³/mol. The number of carbonyl (C=O) groups excluding carboxylic acids is 1. The summed E-state index contributed by atoms with van der Waals surface area (Å²) < 4.78 is 15.2. The Morgan fingerprint density at radius 2 is 2.11 bits per heavy atom. The van der Waals surface area contributed by atoms with E-state index in [-0.39, 0.29) is 17.8 Å². The zero-order valence-corrected chi connectivity index (χ0v) is 16.2. The highest BCUT2D eigenvalue weighted by Crippen LogP contribution is 2.32. The topological polar surface area (TPSA) is 64.2 Å². The normalized spacial score (nSPS) is 14.4. The van der Waals surface area contributed by atoms with Gasteiger partial charge in [0.25, 0.3) is 5.91 Å². The van der Waals surface area contributed by atoms with Crippen molar-refractivity contribution < 1.29 is 9.18 Å². The summed E-state index contributed by atoms with van der Waals surface area (Å²) >= 11 is 6.26. The van der Waals surface area contributed by atoms with Crippen LogP contribution in [-0.2, 0) is 20.0 Å². The number of nitrogens with two attached hydrogens (primary N) is 1. The Morgan fingerprint density at radius 1 is 1.29 bits per heavy atom. The van der Waals surface area contributed by atoms with E-state index in [9.17, 15) is 9.18 Å². The van der Waals surface area contributed by atoms with E-state index in [2.05, 4.69) is 5.10 Å². The van der Waals surface area contributed by atoms with Crippen LogP contribution < -0.4 is 5.73 Å². The fourth-order valence-corrected chi connectivity index (χ4v) is 4.05. The molecular weight excluding hydrogens is 379 g/mol. The number of amides is 1. The average molecular weight is 399 g/mol. The second-order valence-electron chi connectivity index (χ2n) is 6.99. The first-order chi connectivity index (χ1) is 13.5. The second kappa shape index (κ2) is 7.37. The van der Waals surface area contributed by atoms with Gasteiger partial charge in [-0.15, -0.1) is 0 Å². The highest BCUT2D eigenvalue weighted by molar-refractivity contribution is 6.33. The van der Waals surface area contributed by atoms with Crippen molar-refractivity contribution >= 4 is 17.5 Å². The van der Waals surface area contributed by atoms with E-state index in [1.54, 1.807) is 21.8 Å². The van der Waals surface area contributed by atoms with Crippen LogP contribution >= 0.6 is 11.6 Å². The van der Waals surface area contributed by atoms with Crippen LogP contribution in [0.4, 0.5) is 4.39 Å². The minimum Gasteiger partial charge on any atom is -0.330 e. The number of rotatable bonds is 5. The number of hydrogen-bond donors (Lipinski definition) is 1. The van der Waals surface area contributed by atoms with Gasteiger partial charge in [0.2, 0.25) is 0 Å². The van der Waals surface area contributed by atoms with Gasteiger partial charge in [-0.3, -0.25) is 9.48 Å². The van der Waals surface area contributed by atoms with Crippen molar-refractivity contribution in [1.82, 2.24) is 14.7 Å². The molecule has 0 spiro atoms. The van der Waals surface area contributed by atoms with Crippen molar-refractivity contribution in [1.29, 1.82) is 0 Å². The molecule has 0 radical (unpaired) electrons. The van der Waals surface area contributed by atoms with Gasteiger partial charge in [-0.1, -0.05) is 29.8 Å². The summed E-state index contributed by atoms with van der Waals surface area (Å²) in [6.07, 6.45) is 2.11. The lowest BCUT2D eigenvalue weighted by molar-refractivity contribution is 0.0708. The molecule has 28 heavy (non-hydrogen) atoms. The third kappa shape index (κ3) is 3.30. The highest BCUT2D eigenvalue weighted by atomic mass is 35.5. The zero-order chi connectivity index (χ0) is 19.8. The SMILES string of the molecule is Cn1ncc(Cl)c1-c1ccc2c(c1)CN([C@H](CN)Cc1cccc(F)c1)C2=O. The van der Waals surface area contributed by atoms with Crippen LogP contribution in [0.3, 0.4) is 0 Å². The van der Waals surface area contributed by atoms with Crippen molar-refractivity contribution in [2.45, 2.75) is 19.0 Å². The minimum atomic E-state index is -0.290. The van der Waals surface area contributed by atoms with E-state index < -0.39 is 0 Å². The fourth-order valence-electron chi connectivity index (χ4n) is 3.78. The van der Waals surface area contributed by atoms with Crippen LogP contribution in [0, 0.1) is 5.82 Å². The average Bonchev–Trinajstić information content (AvgIpc) is 3.18. The molecule has 1 aliphatic rings. The van der Waals surface area contributed by atoms with Crippen LogP contribution in [0.1, 0.15) is 21.5 Å². The molecule has 2 heterocycles. The third-order valence-corrected chi connectivity index (χ3v) is 5.45. The summed E-state index contributed by atoms with van der Waals surface area (Å²) in [6.45, 7) is 0.769. The molecule has 4 rings (SSSR count). The van der Waals surface area contributed by atoms with Gasteiger partial charge in [-0.2, -0.15) is 5.10 Å². The summed E-state index contributed by atoms with van der Waals surface area (Å²) in [7, 11) is 1.83. The smallest absolute Gasteiger partial charge is 0.254 e. The molecule has 0 bridgehead atoms. The first-order valence-electron chi connectivity index (χ1n) is 9.04. The number of halogens is 2. The lowest BCUT2D eigenvalue weighted by Gasteiger charge is -2.26. The Hall–Kier alpha value is -2.70. The number of carbonyl (C=O) groups is 1. The molecule has 1 amide bonds. The molecule has 5 nitrogen and oxygen atoms in total. The summed E-state index contributed by atoms with van der Waals surface area (Å²) in [5.41, 5.74) is 10.1. The van der Waals surface area contributed by atoms with Gasteiger partial charge < -0.3 is 10.6 Å². The van der Waals surface area contributed by atoms with Gasteiger partial charge in [0.15, 0.2) is 0 Å². The monoisotopic (exact) mass is 398 g/mol. The maximum Gasteiger partial charge on any atom is 0.254 e. The Labute approximate surface area is 167 Å². The van der Waals surface area contributed by atoms with Gasteiger partial charge in [0, 0.05) is 37.3 Å². The minimum absolute atomic E-state index is 0.0514. The summed E-state index contributed by atoms with van der Waals surface area (Å²) in [5, 5.41) is 4.74. The quantitative estimate of drug-likeness (QED) is 0.716. The van der Waals surface area contributed by atoms with Crippen molar-refractivity contribution in [2.24, 2.45) is 12.8 Å². The van der Waals surface area contributed by atoms with Crippen LogP contribution in [0.25, 0.3) is 11.3 Å². The van der Waals surface area contributed by atoms with E-state index >= 15 is 0 Å². The van der Waals surface area contributed by atoms with Gasteiger partial charge in [-0.25, -0.2) is 4.39 Å². The molecular formula is C21H20ClFN4O. The number of aromatic nitrogens is 2. The van der Waals surface area contributed by atoms with Gasteiger partial charge in [-0.05, 0) is 41.8 Å². The molecule has 1 atom stereocenters. The standard InChI is InChI=1S/C21H20ClFN4O/c1-26-20(19(22)11-25-26)14-5-6-18-15(9-14)12-27(21(18)28)17(10-24)8-13-3-2-4-16(23)7-13/h2-7,9,11,17H,8,10,12,24H2,1H3/t17-/m0/s1. The van der Waals surface area contributed by atoms with E-state index in [1.165, 1.54) is 12.1 Å². The Morgan fingerprint density at radius 3 is 2.79 bits per heavy atom.